The van der Waals surface area contributed by atoms with Crippen molar-refractivity contribution in [1.82, 2.24) is 4.90 Å². The molecule has 0 bridgehead atoms. The molecule has 104 valence electrons. The summed E-state index contributed by atoms with van der Waals surface area (Å²) < 4.78 is 0. The Morgan fingerprint density at radius 3 is 1.47 bits per heavy atom. The van der Waals surface area contributed by atoms with Crippen LogP contribution in [0.2, 0.25) is 0 Å². The third-order valence-electron chi connectivity index (χ3n) is 3.50. The highest BCUT2D eigenvalue weighted by atomic mass is 15.1. The lowest BCUT2D eigenvalue weighted by Crippen LogP contribution is -2.20. The molecule has 1 heteroatoms. The van der Waals surface area contributed by atoms with E-state index in [1.54, 1.807) is 0 Å². The van der Waals surface area contributed by atoms with Crippen molar-refractivity contribution in [2.24, 2.45) is 0 Å². The van der Waals surface area contributed by atoms with Crippen LogP contribution >= 0.6 is 0 Å². The molecule has 0 unspecified atom stereocenters. The van der Waals surface area contributed by atoms with E-state index in [2.05, 4.69) is 25.8 Å². The average molecular weight is 241 g/mol. The van der Waals surface area contributed by atoms with Crippen molar-refractivity contribution in [2.45, 2.75) is 84.5 Å². The second-order valence-corrected chi connectivity index (χ2v) is 5.49. The van der Waals surface area contributed by atoms with Gasteiger partial charge in [-0.1, -0.05) is 71.6 Å². The van der Waals surface area contributed by atoms with Crippen molar-refractivity contribution in [1.29, 1.82) is 0 Å². The zero-order valence-electron chi connectivity index (χ0n) is 12.6. The molecule has 0 rings (SSSR count). The van der Waals surface area contributed by atoms with Crippen molar-refractivity contribution < 1.29 is 0 Å². The van der Waals surface area contributed by atoms with Gasteiger partial charge in [-0.05, 0) is 33.0 Å². The van der Waals surface area contributed by atoms with Crippen LogP contribution in [0.4, 0.5) is 0 Å². The summed E-state index contributed by atoms with van der Waals surface area (Å²) in [5, 5.41) is 0. The Morgan fingerprint density at radius 2 is 1.00 bits per heavy atom. The second-order valence-electron chi connectivity index (χ2n) is 5.49. The predicted molar refractivity (Wildman–Crippen MR) is 79.6 cm³/mol. The van der Waals surface area contributed by atoms with E-state index in [1.165, 1.54) is 83.7 Å². The van der Waals surface area contributed by atoms with Crippen molar-refractivity contribution >= 4 is 0 Å². The highest BCUT2D eigenvalue weighted by molar-refractivity contribution is 4.52. The van der Waals surface area contributed by atoms with Gasteiger partial charge in [0.15, 0.2) is 0 Å². The number of rotatable bonds is 13. The van der Waals surface area contributed by atoms with E-state index in [-0.39, 0.29) is 0 Å². The minimum absolute atomic E-state index is 1.26. The normalized spacial score (nSPS) is 11.3. The van der Waals surface area contributed by atoms with Crippen LogP contribution in [0.15, 0.2) is 0 Å². The molecule has 0 atom stereocenters. The van der Waals surface area contributed by atoms with Crippen LogP contribution < -0.4 is 0 Å². The quantitative estimate of drug-likeness (QED) is 0.398. The molecule has 0 aliphatic rings. The fourth-order valence-corrected chi connectivity index (χ4v) is 2.36. The Bertz CT molecular complexity index is 133. The van der Waals surface area contributed by atoms with Crippen LogP contribution in [-0.4, -0.2) is 25.0 Å². The number of nitrogens with zero attached hydrogens (tertiary/aromatic N) is 1. The molecule has 0 heterocycles. The van der Waals surface area contributed by atoms with Crippen LogP contribution in [0, 0.1) is 0 Å². The Hall–Kier alpha value is -0.0400. The molecule has 0 saturated heterocycles. The molecule has 0 amide bonds. The smallest absolute Gasteiger partial charge is 0.00218 e. The lowest BCUT2D eigenvalue weighted by atomic mass is 10.1. The number of unbranched alkanes of at least 4 members (excludes halogenated alkanes) is 9. The first-order valence-electron chi connectivity index (χ1n) is 7.99. The molecule has 0 saturated carbocycles. The summed E-state index contributed by atoms with van der Waals surface area (Å²) in [6.07, 6.45) is 15.7. The van der Waals surface area contributed by atoms with Crippen molar-refractivity contribution in [2.75, 3.05) is 20.1 Å². The topological polar surface area (TPSA) is 3.24 Å². The first kappa shape index (κ1) is 17.0. The van der Waals surface area contributed by atoms with Crippen LogP contribution in [0.3, 0.4) is 0 Å². The Kier molecular flexibility index (Phi) is 14.0. The highest BCUT2D eigenvalue weighted by Gasteiger charge is 1.96. The van der Waals surface area contributed by atoms with Gasteiger partial charge in [0.1, 0.15) is 0 Å². The van der Waals surface area contributed by atoms with Gasteiger partial charge in [0.2, 0.25) is 0 Å². The maximum atomic E-state index is 2.46. The number of hydrogen-bond donors (Lipinski definition) is 0. The Morgan fingerprint density at radius 1 is 0.529 bits per heavy atom. The summed E-state index contributed by atoms with van der Waals surface area (Å²) in [5.41, 5.74) is 0. The van der Waals surface area contributed by atoms with Gasteiger partial charge in [-0.3, -0.25) is 0 Å². The summed E-state index contributed by atoms with van der Waals surface area (Å²) in [7, 11) is 2.25. The maximum Gasteiger partial charge on any atom is -0.00218 e. The summed E-state index contributed by atoms with van der Waals surface area (Å²) in [6, 6.07) is 0. The molecule has 0 radical (unpaired) electrons. The Balaban J connectivity index is 2.98. The van der Waals surface area contributed by atoms with Crippen LogP contribution in [0.1, 0.15) is 84.5 Å². The highest BCUT2D eigenvalue weighted by Crippen LogP contribution is 2.10. The average Bonchev–Trinajstić information content (AvgIpc) is 2.32. The standard InChI is InChI=1S/C16H35N/c1-4-6-7-8-9-10-11-12-13-14-16-17(3)15-5-2/h4-16H2,1-3H3. The zero-order chi connectivity index (χ0) is 12.8. The SMILES string of the molecule is CCCCCCCCCCCCN(C)CCC. The monoisotopic (exact) mass is 241 g/mol. The van der Waals surface area contributed by atoms with E-state index in [4.69, 9.17) is 0 Å². The second kappa shape index (κ2) is 14.0. The molecule has 0 aromatic rings. The van der Waals surface area contributed by atoms with Gasteiger partial charge in [0.05, 0.1) is 0 Å². The van der Waals surface area contributed by atoms with E-state index >= 15 is 0 Å². The van der Waals surface area contributed by atoms with Crippen molar-refractivity contribution in [3.8, 4) is 0 Å². The predicted octanol–water partition coefficient (Wildman–Crippen LogP) is 5.25. The van der Waals surface area contributed by atoms with Gasteiger partial charge < -0.3 is 4.90 Å². The van der Waals surface area contributed by atoms with Crippen LogP contribution in [0.25, 0.3) is 0 Å². The molecule has 0 spiro atoms. The lowest BCUT2D eigenvalue weighted by molar-refractivity contribution is 0.324. The molecule has 1 nitrogen and oxygen atoms in total. The lowest BCUT2D eigenvalue weighted by Gasteiger charge is -2.14. The largest absolute Gasteiger partial charge is 0.306 e. The number of hydrogen-bond acceptors (Lipinski definition) is 1. The van der Waals surface area contributed by atoms with Gasteiger partial charge >= 0.3 is 0 Å². The molecular weight excluding hydrogens is 206 g/mol. The first-order chi connectivity index (χ1) is 8.31. The third kappa shape index (κ3) is 13.9. The molecule has 0 aromatic heterocycles. The zero-order valence-corrected chi connectivity index (χ0v) is 12.6. The summed E-state index contributed by atoms with van der Waals surface area (Å²) >= 11 is 0. The Labute approximate surface area is 110 Å². The molecule has 0 fully saturated rings. The van der Waals surface area contributed by atoms with E-state index in [0.717, 1.165) is 0 Å². The molecular formula is C16H35N. The first-order valence-corrected chi connectivity index (χ1v) is 7.99. The van der Waals surface area contributed by atoms with Crippen molar-refractivity contribution in [3.05, 3.63) is 0 Å². The minimum atomic E-state index is 1.26. The fourth-order valence-electron chi connectivity index (χ4n) is 2.36. The molecule has 0 aromatic carbocycles. The van der Waals surface area contributed by atoms with Gasteiger partial charge in [-0.25, -0.2) is 0 Å². The molecule has 0 aliphatic carbocycles. The summed E-state index contributed by atoms with van der Waals surface area (Å²) in [6.45, 7) is 7.10. The van der Waals surface area contributed by atoms with Gasteiger partial charge in [0.25, 0.3) is 0 Å². The molecule has 0 aliphatic heterocycles. The van der Waals surface area contributed by atoms with Gasteiger partial charge in [-0.2, -0.15) is 0 Å². The maximum absolute atomic E-state index is 2.46. The van der Waals surface area contributed by atoms with E-state index in [1.807, 2.05) is 0 Å². The van der Waals surface area contributed by atoms with E-state index < -0.39 is 0 Å². The van der Waals surface area contributed by atoms with Crippen molar-refractivity contribution in [3.63, 3.8) is 0 Å². The van der Waals surface area contributed by atoms with Crippen LogP contribution in [-0.2, 0) is 0 Å². The molecule has 0 N–H and O–H groups in total. The third-order valence-corrected chi connectivity index (χ3v) is 3.50. The molecule has 17 heavy (non-hydrogen) atoms. The minimum Gasteiger partial charge on any atom is -0.306 e. The fraction of sp³-hybridized carbons (Fsp3) is 1.00. The summed E-state index contributed by atoms with van der Waals surface area (Å²) in [5.74, 6) is 0. The summed E-state index contributed by atoms with van der Waals surface area (Å²) in [4.78, 5) is 2.46. The van der Waals surface area contributed by atoms with E-state index in [9.17, 15) is 0 Å². The van der Waals surface area contributed by atoms with Gasteiger partial charge in [0, 0.05) is 0 Å². The van der Waals surface area contributed by atoms with Crippen LogP contribution in [0.5, 0.6) is 0 Å². The van der Waals surface area contributed by atoms with Gasteiger partial charge in [-0.15, -0.1) is 0 Å². The van der Waals surface area contributed by atoms with E-state index in [0.29, 0.717) is 0 Å².